The van der Waals surface area contributed by atoms with Gasteiger partial charge in [-0.25, -0.2) is 0 Å². The van der Waals surface area contributed by atoms with E-state index in [0.717, 1.165) is 0 Å². The molecule has 0 spiro atoms. The van der Waals surface area contributed by atoms with E-state index in [9.17, 15) is 4.79 Å². The van der Waals surface area contributed by atoms with Crippen LogP contribution in [0.15, 0.2) is 60.7 Å². The maximum absolute atomic E-state index is 12.3. The Bertz CT molecular complexity index is 572. The number of amides is 1. The van der Waals surface area contributed by atoms with Crippen LogP contribution in [0.25, 0.3) is 0 Å². The second-order valence-corrected chi connectivity index (χ2v) is 7.00. The van der Waals surface area contributed by atoms with E-state index in [1.807, 2.05) is 57.2 Å². The largest absolute Gasteiger partial charge is 0.354 e. The predicted octanol–water partition coefficient (Wildman–Crippen LogP) is 4.15. The van der Waals surface area contributed by atoms with Crippen LogP contribution in [0.4, 0.5) is 0 Å². The summed E-state index contributed by atoms with van der Waals surface area (Å²) in [5, 5.41) is 3.12. The minimum Gasteiger partial charge on any atom is -0.354 e. The second kappa shape index (κ2) is 6.35. The highest BCUT2D eigenvalue weighted by Crippen LogP contribution is 2.31. The Kier molecular flexibility index (Phi) is 4.70. The smallest absolute Gasteiger partial charge is 0.225 e. The van der Waals surface area contributed by atoms with Gasteiger partial charge in [-0.3, -0.25) is 4.79 Å². The van der Waals surface area contributed by atoms with E-state index in [-0.39, 0.29) is 16.7 Å². The number of carbonyl (C=O) groups excluding carboxylic acids is 1. The van der Waals surface area contributed by atoms with Crippen molar-refractivity contribution in [1.29, 1.82) is 0 Å². The first-order chi connectivity index (χ1) is 10.3. The lowest BCUT2D eigenvalue weighted by Gasteiger charge is -2.32. The van der Waals surface area contributed by atoms with Crippen molar-refractivity contribution in [2.45, 2.75) is 33.1 Å². The number of rotatable bonds is 4. The summed E-state index contributed by atoms with van der Waals surface area (Å²) in [6.07, 6.45) is 0. The molecule has 0 aromatic heterocycles. The third-order valence-corrected chi connectivity index (χ3v) is 4.11. The fraction of sp³-hybridized carbons (Fsp3) is 0.350. The third-order valence-electron chi connectivity index (χ3n) is 4.11. The van der Waals surface area contributed by atoms with Crippen LogP contribution in [0.3, 0.4) is 0 Å². The normalized spacial score (nSPS) is 12.0. The van der Waals surface area contributed by atoms with Gasteiger partial charge in [-0.2, -0.15) is 0 Å². The highest BCUT2D eigenvalue weighted by molar-refractivity contribution is 5.81. The molecule has 2 rings (SSSR count). The zero-order chi connectivity index (χ0) is 16.2. The molecule has 0 bridgehead atoms. The van der Waals surface area contributed by atoms with Crippen LogP contribution < -0.4 is 5.32 Å². The molecule has 0 saturated heterocycles. The van der Waals surface area contributed by atoms with E-state index in [4.69, 9.17) is 0 Å². The molecule has 1 amide bonds. The molecule has 0 saturated carbocycles. The number of carbonyl (C=O) groups is 1. The zero-order valence-corrected chi connectivity index (χ0v) is 13.9. The summed E-state index contributed by atoms with van der Waals surface area (Å²) < 4.78 is 0. The van der Waals surface area contributed by atoms with E-state index in [0.29, 0.717) is 6.54 Å². The first-order valence-electron chi connectivity index (χ1n) is 7.73. The molecule has 0 aliphatic carbocycles. The third kappa shape index (κ3) is 3.56. The predicted molar refractivity (Wildman–Crippen MR) is 91.8 cm³/mol. The molecule has 1 N–H and O–H groups in total. The summed E-state index contributed by atoms with van der Waals surface area (Å²) in [5.41, 5.74) is 1.78. The van der Waals surface area contributed by atoms with E-state index in [1.54, 1.807) is 0 Å². The quantitative estimate of drug-likeness (QED) is 0.902. The van der Waals surface area contributed by atoms with E-state index >= 15 is 0 Å². The number of hydrogen-bond donors (Lipinski definition) is 1. The SMILES string of the molecule is CC(C)(C)C(=O)NCC(C)(c1ccccc1)c1ccccc1. The molecular weight excluding hydrogens is 270 g/mol. The fourth-order valence-corrected chi connectivity index (χ4v) is 2.51. The van der Waals surface area contributed by atoms with Crippen molar-refractivity contribution in [3.8, 4) is 0 Å². The van der Waals surface area contributed by atoms with Crippen molar-refractivity contribution in [2.24, 2.45) is 5.41 Å². The molecule has 0 atom stereocenters. The highest BCUT2D eigenvalue weighted by atomic mass is 16.2. The Hall–Kier alpha value is -2.09. The number of hydrogen-bond acceptors (Lipinski definition) is 1. The standard InChI is InChI=1S/C20H25NO/c1-19(2,3)18(22)21-15-20(4,16-11-7-5-8-12-16)17-13-9-6-10-14-17/h5-14H,15H2,1-4H3,(H,21,22). The topological polar surface area (TPSA) is 29.1 Å². The van der Waals surface area contributed by atoms with Gasteiger partial charge in [0, 0.05) is 17.4 Å². The van der Waals surface area contributed by atoms with Gasteiger partial charge in [-0.1, -0.05) is 81.4 Å². The van der Waals surface area contributed by atoms with Crippen molar-refractivity contribution in [2.75, 3.05) is 6.54 Å². The lowest BCUT2D eigenvalue weighted by atomic mass is 9.76. The van der Waals surface area contributed by atoms with Gasteiger partial charge in [-0.05, 0) is 18.1 Å². The van der Waals surface area contributed by atoms with Crippen molar-refractivity contribution < 1.29 is 4.79 Å². The lowest BCUT2D eigenvalue weighted by Crippen LogP contribution is -2.43. The number of benzene rings is 2. The van der Waals surface area contributed by atoms with Crippen molar-refractivity contribution in [3.63, 3.8) is 0 Å². The van der Waals surface area contributed by atoms with E-state index < -0.39 is 0 Å². The molecule has 0 aliphatic rings. The van der Waals surface area contributed by atoms with Crippen LogP contribution in [0, 0.1) is 5.41 Å². The average molecular weight is 295 g/mol. The summed E-state index contributed by atoms with van der Waals surface area (Å²) in [7, 11) is 0. The highest BCUT2D eigenvalue weighted by Gasteiger charge is 2.31. The molecule has 0 heterocycles. The van der Waals surface area contributed by atoms with Crippen LogP contribution in [0.2, 0.25) is 0 Å². The van der Waals surface area contributed by atoms with Crippen molar-refractivity contribution in [3.05, 3.63) is 71.8 Å². The maximum Gasteiger partial charge on any atom is 0.225 e. The van der Waals surface area contributed by atoms with Crippen LogP contribution >= 0.6 is 0 Å². The molecule has 22 heavy (non-hydrogen) atoms. The molecule has 0 radical (unpaired) electrons. The fourth-order valence-electron chi connectivity index (χ4n) is 2.51. The summed E-state index contributed by atoms with van der Waals surface area (Å²) in [6.45, 7) is 8.57. The monoisotopic (exact) mass is 295 g/mol. The van der Waals surface area contributed by atoms with Gasteiger partial charge in [0.2, 0.25) is 5.91 Å². The molecule has 0 unspecified atom stereocenters. The zero-order valence-electron chi connectivity index (χ0n) is 13.9. The van der Waals surface area contributed by atoms with Gasteiger partial charge in [0.15, 0.2) is 0 Å². The molecule has 2 aromatic rings. The molecule has 2 aromatic carbocycles. The summed E-state index contributed by atoms with van der Waals surface area (Å²) in [5.74, 6) is 0.0746. The molecule has 2 nitrogen and oxygen atoms in total. The Morgan fingerprint density at radius 3 is 1.59 bits per heavy atom. The minimum atomic E-state index is -0.381. The first-order valence-corrected chi connectivity index (χ1v) is 7.73. The summed E-state index contributed by atoms with van der Waals surface area (Å²) >= 11 is 0. The van der Waals surface area contributed by atoms with Gasteiger partial charge < -0.3 is 5.32 Å². The molecule has 0 aliphatic heterocycles. The van der Waals surface area contributed by atoms with Gasteiger partial charge in [0.1, 0.15) is 0 Å². The van der Waals surface area contributed by atoms with Gasteiger partial charge in [0.25, 0.3) is 0 Å². The van der Waals surface area contributed by atoms with E-state index in [2.05, 4.69) is 36.5 Å². The van der Waals surface area contributed by atoms with Crippen LogP contribution in [-0.4, -0.2) is 12.5 Å². The Morgan fingerprint density at radius 2 is 1.23 bits per heavy atom. The number of nitrogens with one attached hydrogen (secondary N) is 1. The van der Waals surface area contributed by atoms with Crippen LogP contribution in [-0.2, 0) is 10.2 Å². The van der Waals surface area contributed by atoms with Gasteiger partial charge >= 0.3 is 0 Å². The molecule has 116 valence electrons. The van der Waals surface area contributed by atoms with Gasteiger partial charge in [0.05, 0.1) is 0 Å². The average Bonchev–Trinajstić information content (AvgIpc) is 2.53. The Morgan fingerprint density at radius 1 is 0.818 bits per heavy atom. The molecule has 0 fully saturated rings. The summed E-state index contributed by atoms with van der Waals surface area (Å²) in [4.78, 5) is 12.3. The lowest BCUT2D eigenvalue weighted by molar-refractivity contribution is -0.128. The van der Waals surface area contributed by atoms with Gasteiger partial charge in [-0.15, -0.1) is 0 Å². The van der Waals surface area contributed by atoms with Crippen molar-refractivity contribution in [1.82, 2.24) is 5.32 Å². The Balaban J connectivity index is 2.33. The maximum atomic E-state index is 12.3. The van der Waals surface area contributed by atoms with Crippen LogP contribution in [0.1, 0.15) is 38.8 Å². The Labute approximate surface area is 133 Å². The molecule has 2 heteroatoms. The molecular formula is C20H25NO. The van der Waals surface area contributed by atoms with Crippen LogP contribution in [0.5, 0.6) is 0 Å². The first kappa shape index (κ1) is 16.3. The summed E-state index contributed by atoms with van der Waals surface area (Å²) in [6, 6.07) is 20.7. The minimum absolute atomic E-state index is 0.0746. The van der Waals surface area contributed by atoms with E-state index in [1.165, 1.54) is 11.1 Å². The van der Waals surface area contributed by atoms with Crippen molar-refractivity contribution >= 4 is 5.91 Å². The second-order valence-electron chi connectivity index (χ2n) is 7.00.